The topological polar surface area (TPSA) is 138 Å². The molecule has 0 bridgehead atoms. The van der Waals surface area contributed by atoms with Gasteiger partial charge in [-0.3, -0.25) is 4.90 Å². The van der Waals surface area contributed by atoms with E-state index in [1.807, 2.05) is 20.8 Å². The van der Waals surface area contributed by atoms with E-state index in [9.17, 15) is 22.8 Å². The molecule has 3 atom stereocenters. The summed E-state index contributed by atoms with van der Waals surface area (Å²) >= 11 is 0. The SMILES string of the molecule is CC(C)(C)OC(=O)N1CCC[C@H]1c1ncc(-c2cnc(-c3ccc(C4=C(C(F)(F)F)NC([C@@H]5CCCN5C(=O)OC(C)(C)C)N4)cc3)nc2)[nH]1. The van der Waals surface area contributed by atoms with Crippen LogP contribution in [0.15, 0.2) is 48.6 Å². The number of hydrogen-bond donors (Lipinski definition) is 3. The summed E-state index contributed by atoms with van der Waals surface area (Å²) in [5.41, 5.74) is 0.00732. The van der Waals surface area contributed by atoms with Crippen molar-refractivity contribution in [3.63, 3.8) is 0 Å². The number of amides is 2. The average molecular weight is 697 g/mol. The van der Waals surface area contributed by atoms with Crippen molar-refractivity contribution in [2.75, 3.05) is 13.1 Å². The van der Waals surface area contributed by atoms with Gasteiger partial charge in [-0.25, -0.2) is 24.5 Å². The molecule has 2 amide bonds. The first-order valence-electron chi connectivity index (χ1n) is 16.8. The molecule has 0 spiro atoms. The van der Waals surface area contributed by atoms with Crippen LogP contribution in [0.3, 0.4) is 0 Å². The summed E-state index contributed by atoms with van der Waals surface area (Å²) in [5.74, 6) is 1.05. The molecule has 1 unspecified atom stereocenters. The summed E-state index contributed by atoms with van der Waals surface area (Å²) in [6.45, 7) is 11.7. The predicted octanol–water partition coefficient (Wildman–Crippen LogP) is 6.76. The van der Waals surface area contributed by atoms with Crippen LogP contribution in [0.2, 0.25) is 0 Å². The number of ether oxygens (including phenoxy) is 2. The second kappa shape index (κ2) is 13.1. The van der Waals surface area contributed by atoms with E-state index in [1.54, 1.807) is 68.5 Å². The molecule has 3 aliphatic rings. The van der Waals surface area contributed by atoms with Crippen molar-refractivity contribution >= 4 is 17.9 Å². The van der Waals surface area contributed by atoms with Crippen LogP contribution < -0.4 is 10.6 Å². The lowest BCUT2D eigenvalue weighted by molar-refractivity contribution is -0.0961. The normalized spacial score (nSPS) is 21.3. The number of nitrogens with one attached hydrogen (secondary N) is 3. The molecule has 5 heterocycles. The summed E-state index contributed by atoms with van der Waals surface area (Å²) in [4.78, 5) is 45.6. The Morgan fingerprint density at radius 2 is 1.34 bits per heavy atom. The van der Waals surface area contributed by atoms with Gasteiger partial charge < -0.3 is 30.0 Å². The largest absolute Gasteiger partial charge is 0.444 e. The zero-order valence-corrected chi connectivity index (χ0v) is 29.0. The number of alkyl halides is 3. The van der Waals surface area contributed by atoms with Crippen LogP contribution >= 0.6 is 0 Å². The Hall–Kier alpha value is -4.82. The maximum absolute atomic E-state index is 14.2. The van der Waals surface area contributed by atoms with Gasteiger partial charge in [0, 0.05) is 36.6 Å². The fraction of sp³-hybridized carbons (Fsp3) is 0.514. The van der Waals surface area contributed by atoms with Crippen LogP contribution in [0.25, 0.3) is 28.3 Å². The molecule has 3 aromatic rings. The number of H-pyrrole nitrogens is 1. The van der Waals surface area contributed by atoms with E-state index in [2.05, 4.69) is 30.6 Å². The summed E-state index contributed by atoms with van der Waals surface area (Å²) in [6, 6.07) is 5.76. The number of halogens is 3. The van der Waals surface area contributed by atoms with Crippen LogP contribution in [0.4, 0.5) is 22.8 Å². The van der Waals surface area contributed by atoms with Gasteiger partial charge in [-0.05, 0) is 72.8 Å². The highest BCUT2D eigenvalue weighted by molar-refractivity contribution is 5.73. The van der Waals surface area contributed by atoms with Crippen LogP contribution in [-0.2, 0) is 9.47 Å². The lowest BCUT2D eigenvalue weighted by atomic mass is 10.1. The number of aromatic nitrogens is 4. The molecule has 2 fully saturated rings. The molecule has 50 heavy (non-hydrogen) atoms. The van der Waals surface area contributed by atoms with Crippen LogP contribution in [-0.4, -0.2) is 84.6 Å². The van der Waals surface area contributed by atoms with Crippen molar-refractivity contribution in [1.29, 1.82) is 0 Å². The molecule has 0 aliphatic carbocycles. The highest BCUT2D eigenvalue weighted by atomic mass is 19.4. The summed E-state index contributed by atoms with van der Waals surface area (Å²) in [7, 11) is 0. The molecule has 15 heteroatoms. The van der Waals surface area contributed by atoms with Crippen molar-refractivity contribution in [1.82, 2.24) is 40.4 Å². The summed E-state index contributed by atoms with van der Waals surface area (Å²) in [5, 5.41) is 5.62. The third kappa shape index (κ3) is 7.65. The van der Waals surface area contributed by atoms with E-state index < -0.39 is 41.4 Å². The predicted molar refractivity (Wildman–Crippen MR) is 179 cm³/mol. The van der Waals surface area contributed by atoms with Gasteiger partial charge in [0.05, 0.1) is 29.7 Å². The molecule has 2 saturated heterocycles. The molecular weight excluding hydrogens is 653 g/mol. The molecule has 3 N–H and O–H groups in total. The minimum absolute atomic E-state index is 0.0936. The van der Waals surface area contributed by atoms with Gasteiger partial charge in [0.1, 0.15) is 28.9 Å². The van der Waals surface area contributed by atoms with E-state index in [0.717, 1.165) is 12.8 Å². The molecular formula is C35H43F3N8O4. The molecule has 0 radical (unpaired) electrons. The van der Waals surface area contributed by atoms with Crippen molar-refractivity contribution in [3.05, 3.63) is 59.9 Å². The van der Waals surface area contributed by atoms with Gasteiger partial charge in [0.25, 0.3) is 0 Å². The number of rotatable bonds is 5. The Morgan fingerprint density at radius 1 is 0.760 bits per heavy atom. The number of carbonyl (C=O) groups is 2. The summed E-state index contributed by atoms with van der Waals surface area (Å²) in [6.07, 6.45) is 1.32. The Labute approximate surface area is 288 Å². The Balaban J connectivity index is 1.15. The first-order valence-corrected chi connectivity index (χ1v) is 16.8. The maximum atomic E-state index is 14.2. The van der Waals surface area contributed by atoms with Gasteiger partial charge in [-0.2, -0.15) is 13.2 Å². The van der Waals surface area contributed by atoms with Crippen LogP contribution in [0.5, 0.6) is 0 Å². The maximum Gasteiger partial charge on any atom is 0.433 e. The van der Waals surface area contributed by atoms with E-state index in [0.29, 0.717) is 60.0 Å². The highest BCUT2D eigenvalue weighted by Gasteiger charge is 2.47. The zero-order chi connectivity index (χ0) is 36.0. The molecule has 3 aliphatic heterocycles. The third-order valence-electron chi connectivity index (χ3n) is 8.63. The lowest BCUT2D eigenvalue weighted by Gasteiger charge is -2.32. The third-order valence-corrected chi connectivity index (χ3v) is 8.63. The fourth-order valence-corrected chi connectivity index (χ4v) is 6.47. The molecule has 1 aromatic carbocycles. The standard InChI is InChI=1S/C35H43F3N8O4/c1-33(2,3)49-31(47)45-15-7-9-24(45)29-41-19-23(42-29)22-17-39-28(40-18-22)21-13-11-20(12-14-21)26-27(35(36,37)38)44-30(43-26)25-10-8-16-46(25)32(48)50-34(4,5)6/h11-14,17-19,24-25,30,43-44H,7-10,15-16H2,1-6H3,(H,41,42)/t24-,25-,30?/m0/s1. The molecule has 0 saturated carbocycles. The first-order chi connectivity index (χ1) is 23.5. The van der Waals surface area contributed by atoms with E-state index in [-0.39, 0.29) is 17.8 Å². The number of allylic oxidation sites excluding steroid dienone is 1. The molecule has 2 aromatic heterocycles. The number of benzene rings is 1. The van der Waals surface area contributed by atoms with Crippen molar-refractivity contribution < 1.29 is 32.2 Å². The molecule has 6 rings (SSSR count). The van der Waals surface area contributed by atoms with Crippen molar-refractivity contribution in [3.8, 4) is 22.6 Å². The lowest BCUT2D eigenvalue weighted by Crippen LogP contribution is -2.53. The fourth-order valence-electron chi connectivity index (χ4n) is 6.47. The van der Waals surface area contributed by atoms with E-state index in [1.165, 1.54) is 4.90 Å². The molecule has 12 nitrogen and oxygen atoms in total. The first kappa shape index (κ1) is 35.0. The minimum Gasteiger partial charge on any atom is -0.444 e. The second-order valence-electron chi connectivity index (χ2n) is 14.8. The number of hydrogen-bond acceptors (Lipinski definition) is 9. The van der Waals surface area contributed by atoms with Gasteiger partial charge in [-0.1, -0.05) is 24.3 Å². The van der Waals surface area contributed by atoms with Crippen LogP contribution in [0, 0.1) is 0 Å². The second-order valence-corrected chi connectivity index (χ2v) is 14.8. The van der Waals surface area contributed by atoms with Gasteiger partial charge in [0.15, 0.2) is 5.82 Å². The number of carbonyl (C=O) groups excluding carboxylic acids is 2. The Morgan fingerprint density at radius 3 is 1.96 bits per heavy atom. The Bertz CT molecular complexity index is 1740. The van der Waals surface area contributed by atoms with Gasteiger partial charge >= 0.3 is 18.4 Å². The van der Waals surface area contributed by atoms with Gasteiger partial charge in [0.2, 0.25) is 0 Å². The monoisotopic (exact) mass is 696 g/mol. The zero-order valence-electron chi connectivity index (χ0n) is 29.0. The van der Waals surface area contributed by atoms with E-state index >= 15 is 0 Å². The van der Waals surface area contributed by atoms with Crippen molar-refractivity contribution in [2.24, 2.45) is 0 Å². The average Bonchev–Trinajstić information content (AvgIpc) is 3.85. The minimum atomic E-state index is -4.65. The number of imidazole rings is 1. The quantitative estimate of drug-likeness (QED) is 0.264. The number of likely N-dealkylation sites (tertiary alicyclic amines) is 2. The Kier molecular flexibility index (Phi) is 9.20. The van der Waals surface area contributed by atoms with Gasteiger partial charge in [-0.15, -0.1) is 0 Å². The number of aromatic amines is 1. The van der Waals surface area contributed by atoms with E-state index in [4.69, 9.17) is 9.47 Å². The van der Waals surface area contributed by atoms with Crippen molar-refractivity contribution in [2.45, 2.75) is 103 Å². The smallest absolute Gasteiger partial charge is 0.433 e. The number of nitrogens with zero attached hydrogens (tertiary/aromatic N) is 5. The van der Waals surface area contributed by atoms with Crippen LogP contribution in [0.1, 0.15) is 84.7 Å². The summed E-state index contributed by atoms with van der Waals surface area (Å²) < 4.78 is 53.8. The molecule has 268 valence electrons. The highest BCUT2D eigenvalue weighted by Crippen LogP contribution is 2.37.